The molecule has 19 heavy (non-hydrogen) atoms. The van der Waals surface area contributed by atoms with Crippen molar-refractivity contribution in [2.75, 3.05) is 12.3 Å². The minimum atomic E-state index is -4.83. The monoisotopic (exact) mass is 344 g/mol. The maximum Gasteiger partial charge on any atom is 0.416 e. The van der Waals surface area contributed by atoms with Crippen molar-refractivity contribution in [1.82, 2.24) is 5.32 Å². The van der Waals surface area contributed by atoms with E-state index in [1.807, 2.05) is 5.32 Å². The lowest BCUT2D eigenvalue weighted by molar-refractivity contribution is -0.201. The van der Waals surface area contributed by atoms with Crippen LogP contribution in [0.25, 0.3) is 0 Å². The molecule has 0 aliphatic heterocycles. The van der Waals surface area contributed by atoms with Gasteiger partial charge in [0.15, 0.2) is 6.10 Å². The van der Waals surface area contributed by atoms with Crippen LogP contribution in [0.1, 0.15) is 10.4 Å². The number of aliphatic hydroxyl groups is 1. The highest BCUT2D eigenvalue weighted by atomic mass is 79.9. The SMILES string of the molecule is Nc1cc(C(=O)NCC(O)C(F)(F)F)c(Br)cc1F. The third-order valence-electron chi connectivity index (χ3n) is 2.16. The number of nitrogens with two attached hydrogens (primary N) is 1. The fourth-order valence-electron chi connectivity index (χ4n) is 1.14. The number of benzene rings is 1. The van der Waals surface area contributed by atoms with E-state index in [-0.39, 0.29) is 15.7 Å². The summed E-state index contributed by atoms with van der Waals surface area (Å²) in [6.07, 6.45) is -7.50. The van der Waals surface area contributed by atoms with Crippen molar-refractivity contribution in [3.05, 3.63) is 28.0 Å². The van der Waals surface area contributed by atoms with Gasteiger partial charge in [0.25, 0.3) is 5.91 Å². The Morgan fingerprint density at radius 2 is 2.05 bits per heavy atom. The number of hydrogen-bond acceptors (Lipinski definition) is 3. The second-order valence-corrected chi connectivity index (χ2v) is 4.48. The molecule has 4 N–H and O–H groups in total. The summed E-state index contributed by atoms with van der Waals surface area (Å²) in [5, 5.41) is 10.6. The van der Waals surface area contributed by atoms with Gasteiger partial charge in [-0.1, -0.05) is 0 Å². The van der Waals surface area contributed by atoms with Crippen LogP contribution in [0.3, 0.4) is 0 Å². The Kier molecular flexibility index (Phi) is 4.75. The first kappa shape index (κ1) is 15.7. The Labute approximate surface area is 113 Å². The van der Waals surface area contributed by atoms with Gasteiger partial charge in [-0.3, -0.25) is 4.79 Å². The first-order chi connectivity index (χ1) is 8.62. The zero-order chi connectivity index (χ0) is 14.8. The van der Waals surface area contributed by atoms with Gasteiger partial charge in [0.1, 0.15) is 5.82 Å². The molecule has 0 saturated carbocycles. The summed E-state index contributed by atoms with van der Waals surface area (Å²) >= 11 is 2.89. The van der Waals surface area contributed by atoms with Gasteiger partial charge in [-0.25, -0.2) is 4.39 Å². The molecule has 1 unspecified atom stereocenters. The number of aliphatic hydroxyl groups excluding tert-OH is 1. The molecule has 0 aliphatic carbocycles. The van der Waals surface area contributed by atoms with Gasteiger partial charge in [0, 0.05) is 4.47 Å². The van der Waals surface area contributed by atoms with Crippen LogP contribution in [0, 0.1) is 5.82 Å². The Bertz CT molecular complexity index is 493. The number of nitrogen functional groups attached to an aromatic ring is 1. The average molecular weight is 345 g/mol. The van der Waals surface area contributed by atoms with Crippen LogP contribution in [0.15, 0.2) is 16.6 Å². The average Bonchev–Trinajstić information content (AvgIpc) is 2.29. The van der Waals surface area contributed by atoms with E-state index in [0.29, 0.717) is 0 Å². The summed E-state index contributed by atoms with van der Waals surface area (Å²) in [6.45, 7) is -1.01. The van der Waals surface area contributed by atoms with Gasteiger partial charge < -0.3 is 16.2 Å². The Morgan fingerprint density at radius 3 is 2.58 bits per heavy atom. The van der Waals surface area contributed by atoms with Gasteiger partial charge in [-0.15, -0.1) is 0 Å². The minimum Gasteiger partial charge on any atom is -0.396 e. The number of amides is 1. The summed E-state index contributed by atoms with van der Waals surface area (Å²) < 4.78 is 49.1. The highest BCUT2D eigenvalue weighted by Crippen LogP contribution is 2.23. The molecular weight excluding hydrogens is 336 g/mol. The van der Waals surface area contributed by atoms with E-state index in [2.05, 4.69) is 15.9 Å². The largest absolute Gasteiger partial charge is 0.416 e. The fourth-order valence-corrected chi connectivity index (χ4v) is 1.64. The van der Waals surface area contributed by atoms with Crippen molar-refractivity contribution in [3.63, 3.8) is 0 Å². The van der Waals surface area contributed by atoms with Crippen LogP contribution >= 0.6 is 15.9 Å². The summed E-state index contributed by atoms with van der Waals surface area (Å²) in [7, 11) is 0. The van der Waals surface area contributed by atoms with Crippen LogP contribution in [-0.4, -0.2) is 29.8 Å². The number of halogens is 5. The summed E-state index contributed by atoms with van der Waals surface area (Å²) in [5.74, 6) is -1.68. The van der Waals surface area contributed by atoms with Crippen LogP contribution in [0.4, 0.5) is 23.2 Å². The maximum atomic E-state index is 13.0. The molecule has 0 saturated heterocycles. The van der Waals surface area contributed by atoms with Crippen molar-refractivity contribution < 1.29 is 27.5 Å². The number of carbonyl (C=O) groups excluding carboxylic acids is 1. The number of carbonyl (C=O) groups is 1. The highest BCUT2D eigenvalue weighted by Gasteiger charge is 2.38. The molecule has 0 radical (unpaired) electrons. The molecule has 0 aromatic heterocycles. The third-order valence-corrected chi connectivity index (χ3v) is 2.82. The molecule has 0 bridgehead atoms. The molecule has 1 aromatic carbocycles. The van der Waals surface area contributed by atoms with Gasteiger partial charge >= 0.3 is 6.18 Å². The fraction of sp³-hybridized carbons (Fsp3) is 0.300. The zero-order valence-electron chi connectivity index (χ0n) is 9.26. The van der Waals surface area contributed by atoms with Crippen molar-refractivity contribution in [2.24, 2.45) is 0 Å². The van der Waals surface area contributed by atoms with Gasteiger partial charge in [0.2, 0.25) is 0 Å². The van der Waals surface area contributed by atoms with Crippen molar-refractivity contribution in [3.8, 4) is 0 Å². The maximum absolute atomic E-state index is 13.0. The molecule has 9 heteroatoms. The molecule has 1 atom stereocenters. The predicted molar refractivity (Wildman–Crippen MR) is 62.9 cm³/mol. The van der Waals surface area contributed by atoms with Crippen LogP contribution in [0.5, 0.6) is 0 Å². The second kappa shape index (κ2) is 5.74. The van der Waals surface area contributed by atoms with Crippen LogP contribution < -0.4 is 11.1 Å². The number of hydrogen-bond donors (Lipinski definition) is 3. The topological polar surface area (TPSA) is 75.4 Å². The highest BCUT2D eigenvalue weighted by molar-refractivity contribution is 9.10. The predicted octanol–water partition coefficient (Wildman–Crippen LogP) is 1.82. The molecular formula is C10H9BrF4N2O2. The van der Waals surface area contributed by atoms with Crippen LogP contribution in [-0.2, 0) is 0 Å². The van der Waals surface area contributed by atoms with Gasteiger partial charge in [0.05, 0.1) is 17.8 Å². The molecule has 106 valence electrons. The number of alkyl halides is 3. The first-order valence-corrected chi connectivity index (χ1v) is 5.69. The number of nitrogens with one attached hydrogen (secondary N) is 1. The summed E-state index contributed by atoms with van der Waals surface area (Å²) in [6, 6.07) is 1.90. The zero-order valence-corrected chi connectivity index (χ0v) is 10.8. The first-order valence-electron chi connectivity index (χ1n) is 4.90. The normalized spacial score (nSPS) is 13.2. The third kappa shape index (κ3) is 4.06. The van der Waals surface area contributed by atoms with E-state index in [9.17, 15) is 22.4 Å². The quantitative estimate of drug-likeness (QED) is 0.578. The Balaban J connectivity index is 2.77. The molecule has 0 aliphatic rings. The van der Waals surface area contributed by atoms with E-state index < -0.39 is 30.5 Å². The minimum absolute atomic E-state index is 0.0400. The molecule has 1 aromatic rings. The molecule has 0 fully saturated rings. The smallest absolute Gasteiger partial charge is 0.396 e. The lowest BCUT2D eigenvalue weighted by Crippen LogP contribution is -2.40. The standard InChI is InChI=1S/C10H9BrF4N2O2/c11-5-2-6(12)7(16)1-4(5)9(19)17-3-8(18)10(13,14)15/h1-2,8,18H,3,16H2,(H,17,19). The second-order valence-electron chi connectivity index (χ2n) is 3.62. The summed E-state index contributed by atoms with van der Waals surface area (Å²) in [4.78, 5) is 11.6. The van der Waals surface area contributed by atoms with E-state index in [0.717, 1.165) is 12.1 Å². The van der Waals surface area contributed by atoms with E-state index in [1.54, 1.807) is 0 Å². The lowest BCUT2D eigenvalue weighted by Gasteiger charge is -2.15. The van der Waals surface area contributed by atoms with E-state index in [1.165, 1.54) is 0 Å². The Morgan fingerprint density at radius 1 is 1.47 bits per heavy atom. The lowest BCUT2D eigenvalue weighted by atomic mass is 10.2. The van der Waals surface area contributed by atoms with Crippen LogP contribution in [0.2, 0.25) is 0 Å². The van der Waals surface area contributed by atoms with Gasteiger partial charge in [-0.05, 0) is 28.1 Å². The van der Waals surface area contributed by atoms with Gasteiger partial charge in [-0.2, -0.15) is 13.2 Å². The van der Waals surface area contributed by atoms with Crippen molar-refractivity contribution in [1.29, 1.82) is 0 Å². The Hall–Kier alpha value is -1.35. The molecule has 1 rings (SSSR count). The van der Waals surface area contributed by atoms with Crippen molar-refractivity contribution >= 4 is 27.5 Å². The molecule has 0 spiro atoms. The van der Waals surface area contributed by atoms with Crippen molar-refractivity contribution in [2.45, 2.75) is 12.3 Å². The molecule has 0 heterocycles. The number of anilines is 1. The number of rotatable bonds is 3. The molecule has 4 nitrogen and oxygen atoms in total. The summed E-state index contributed by atoms with van der Waals surface area (Å²) in [5.41, 5.74) is 4.80. The van der Waals surface area contributed by atoms with E-state index in [4.69, 9.17) is 10.8 Å². The molecule has 1 amide bonds. The van der Waals surface area contributed by atoms with E-state index >= 15 is 0 Å².